The molecule has 2 rings (SSSR count). The fraction of sp³-hybridized carbons (Fsp3) is 0.353. The van der Waals surface area contributed by atoms with E-state index in [1.54, 1.807) is 39.0 Å². The Morgan fingerprint density at radius 2 is 2.04 bits per heavy atom. The third-order valence-electron chi connectivity index (χ3n) is 3.32. The molecule has 1 heterocycles. The normalized spacial score (nSPS) is 10.7. The van der Waals surface area contributed by atoms with Crippen molar-refractivity contribution in [2.75, 3.05) is 6.54 Å². The molecule has 0 fully saturated rings. The van der Waals surface area contributed by atoms with E-state index in [0.717, 1.165) is 0 Å². The molecule has 0 atom stereocenters. The van der Waals surface area contributed by atoms with Crippen molar-refractivity contribution in [1.29, 1.82) is 0 Å². The Hall–Kier alpha value is -2.70. The van der Waals surface area contributed by atoms with Gasteiger partial charge in [-0.3, -0.25) is 9.59 Å². The van der Waals surface area contributed by atoms with E-state index >= 15 is 0 Å². The van der Waals surface area contributed by atoms with E-state index in [1.807, 2.05) is 0 Å². The summed E-state index contributed by atoms with van der Waals surface area (Å²) in [6.45, 7) is 5.37. The van der Waals surface area contributed by atoms with Crippen molar-refractivity contribution >= 4 is 11.9 Å². The fourth-order valence-corrected chi connectivity index (χ4v) is 2.19. The van der Waals surface area contributed by atoms with Gasteiger partial charge in [0.15, 0.2) is 0 Å². The van der Waals surface area contributed by atoms with Crippen molar-refractivity contribution in [1.82, 2.24) is 15.1 Å². The number of ether oxygens (including phenoxy) is 1. The molecular weight excluding hydrogens is 313 g/mol. The summed E-state index contributed by atoms with van der Waals surface area (Å²) >= 11 is 0. The number of nitrogens with one attached hydrogen (secondary N) is 1. The molecule has 128 valence electrons. The average molecular weight is 333 g/mol. The predicted molar refractivity (Wildman–Crippen MR) is 86.4 cm³/mol. The Morgan fingerprint density at radius 3 is 2.71 bits per heavy atom. The van der Waals surface area contributed by atoms with Gasteiger partial charge in [-0.25, -0.2) is 9.07 Å². The molecule has 0 saturated heterocycles. The van der Waals surface area contributed by atoms with Gasteiger partial charge in [0.2, 0.25) is 0 Å². The maximum atomic E-state index is 13.8. The van der Waals surface area contributed by atoms with Crippen molar-refractivity contribution in [3.05, 3.63) is 47.5 Å². The Morgan fingerprint density at radius 1 is 1.33 bits per heavy atom. The van der Waals surface area contributed by atoms with Crippen molar-refractivity contribution in [2.24, 2.45) is 0 Å². The average Bonchev–Trinajstić information content (AvgIpc) is 2.88. The van der Waals surface area contributed by atoms with E-state index in [-0.39, 0.29) is 36.6 Å². The maximum absolute atomic E-state index is 13.8. The lowest BCUT2D eigenvalue weighted by atomic mass is 10.2. The van der Waals surface area contributed by atoms with E-state index in [1.165, 1.54) is 16.9 Å². The predicted octanol–water partition coefficient (Wildman–Crippen LogP) is 2.39. The van der Waals surface area contributed by atoms with E-state index in [0.29, 0.717) is 11.3 Å². The zero-order valence-electron chi connectivity index (χ0n) is 13.9. The lowest BCUT2D eigenvalue weighted by Gasteiger charge is -2.09. The van der Waals surface area contributed by atoms with E-state index < -0.39 is 5.82 Å². The molecule has 1 N–H and O–H groups in total. The van der Waals surface area contributed by atoms with Crippen molar-refractivity contribution < 1.29 is 18.7 Å². The lowest BCUT2D eigenvalue weighted by molar-refractivity contribution is -0.147. The van der Waals surface area contributed by atoms with Gasteiger partial charge in [-0.1, -0.05) is 12.1 Å². The number of amides is 1. The van der Waals surface area contributed by atoms with Gasteiger partial charge in [-0.15, -0.1) is 0 Å². The highest BCUT2D eigenvalue weighted by molar-refractivity contribution is 5.95. The Balaban J connectivity index is 2.02. The molecule has 1 amide bonds. The Labute approximate surface area is 139 Å². The molecule has 0 aliphatic heterocycles. The number of carbonyl (C=O) groups is 2. The number of nitrogens with zero attached hydrogens (tertiary/aromatic N) is 2. The minimum absolute atomic E-state index is 0.0877. The third kappa shape index (κ3) is 4.18. The molecule has 2 aromatic rings. The first-order chi connectivity index (χ1) is 11.4. The van der Waals surface area contributed by atoms with Gasteiger partial charge in [0.25, 0.3) is 5.91 Å². The molecule has 0 spiro atoms. The van der Waals surface area contributed by atoms with Gasteiger partial charge in [0, 0.05) is 6.54 Å². The van der Waals surface area contributed by atoms with Crippen LogP contribution in [-0.2, 0) is 9.53 Å². The number of para-hydroxylation sites is 1. The van der Waals surface area contributed by atoms with Crippen LogP contribution in [0.15, 0.2) is 30.5 Å². The lowest BCUT2D eigenvalue weighted by Crippen LogP contribution is -2.27. The van der Waals surface area contributed by atoms with Gasteiger partial charge >= 0.3 is 5.97 Å². The summed E-state index contributed by atoms with van der Waals surface area (Å²) in [6, 6.07) is 6.19. The first-order valence-corrected chi connectivity index (χ1v) is 7.67. The van der Waals surface area contributed by atoms with E-state index in [2.05, 4.69) is 10.4 Å². The van der Waals surface area contributed by atoms with Crippen LogP contribution in [0.25, 0.3) is 5.69 Å². The van der Waals surface area contributed by atoms with Gasteiger partial charge in [-0.05, 0) is 32.9 Å². The molecular formula is C17H20FN3O3. The highest BCUT2D eigenvalue weighted by atomic mass is 19.1. The van der Waals surface area contributed by atoms with Crippen molar-refractivity contribution in [3.63, 3.8) is 0 Å². The maximum Gasteiger partial charge on any atom is 0.307 e. The molecule has 1 aromatic carbocycles. The number of rotatable bonds is 6. The number of hydrogen-bond acceptors (Lipinski definition) is 4. The number of esters is 1. The number of halogens is 1. The summed E-state index contributed by atoms with van der Waals surface area (Å²) in [5.41, 5.74) is 1.12. The van der Waals surface area contributed by atoms with Crippen LogP contribution in [0.3, 0.4) is 0 Å². The van der Waals surface area contributed by atoms with Crippen LogP contribution in [0.5, 0.6) is 0 Å². The van der Waals surface area contributed by atoms with Crippen LogP contribution >= 0.6 is 0 Å². The molecule has 0 saturated carbocycles. The van der Waals surface area contributed by atoms with Crippen LogP contribution in [0.1, 0.15) is 36.3 Å². The standard InChI is InChI=1S/C17H20FN3O3/c1-11(2)24-16(22)8-9-19-17(23)13-10-20-21(12(13)3)15-7-5-4-6-14(15)18/h4-7,10-11H,8-9H2,1-3H3,(H,19,23). The summed E-state index contributed by atoms with van der Waals surface area (Å²) in [6.07, 6.45) is 1.28. The summed E-state index contributed by atoms with van der Waals surface area (Å²) in [7, 11) is 0. The van der Waals surface area contributed by atoms with Crippen molar-refractivity contribution in [3.8, 4) is 5.69 Å². The van der Waals surface area contributed by atoms with Crippen molar-refractivity contribution in [2.45, 2.75) is 33.3 Å². The Kier molecular flexibility index (Phi) is 5.68. The molecule has 24 heavy (non-hydrogen) atoms. The first kappa shape index (κ1) is 17.7. The van der Waals surface area contributed by atoms with Gasteiger partial charge in [0.1, 0.15) is 11.5 Å². The molecule has 0 bridgehead atoms. The van der Waals surface area contributed by atoms with E-state index in [9.17, 15) is 14.0 Å². The molecule has 0 aliphatic rings. The number of aromatic nitrogens is 2. The second-order valence-corrected chi connectivity index (χ2v) is 5.55. The summed E-state index contributed by atoms with van der Waals surface area (Å²) in [4.78, 5) is 23.6. The minimum Gasteiger partial charge on any atom is -0.463 e. The molecule has 0 aliphatic carbocycles. The van der Waals surface area contributed by atoms with Gasteiger partial charge < -0.3 is 10.1 Å². The highest BCUT2D eigenvalue weighted by Gasteiger charge is 2.17. The smallest absolute Gasteiger partial charge is 0.307 e. The molecule has 0 unspecified atom stereocenters. The van der Waals surface area contributed by atoms with Crippen LogP contribution in [0, 0.1) is 12.7 Å². The minimum atomic E-state index is -0.424. The molecule has 1 aromatic heterocycles. The van der Waals surface area contributed by atoms with E-state index in [4.69, 9.17) is 4.74 Å². The zero-order valence-corrected chi connectivity index (χ0v) is 13.9. The zero-order chi connectivity index (χ0) is 17.7. The SMILES string of the molecule is Cc1c(C(=O)NCCC(=O)OC(C)C)cnn1-c1ccccc1F. The van der Waals surface area contributed by atoms with Crippen LogP contribution in [0.4, 0.5) is 4.39 Å². The van der Waals surface area contributed by atoms with Crippen LogP contribution in [0.2, 0.25) is 0 Å². The van der Waals surface area contributed by atoms with Gasteiger partial charge in [0.05, 0.1) is 30.0 Å². The molecule has 7 heteroatoms. The number of hydrogen-bond donors (Lipinski definition) is 1. The molecule has 6 nitrogen and oxygen atoms in total. The largest absolute Gasteiger partial charge is 0.463 e. The highest BCUT2D eigenvalue weighted by Crippen LogP contribution is 2.16. The summed E-state index contributed by atoms with van der Waals surface area (Å²) in [5.74, 6) is -1.16. The van der Waals surface area contributed by atoms with Crippen LogP contribution < -0.4 is 5.32 Å². The van der Waals surface area contributed by atoms with Crippen LogP contribution in [-0.4, -0.2) is 34.3 Å². The topological polar surface area (TPSA) is 73.2 Å². The number of benzene rings is 1. The summed E-state index contributed by atoms with van der Waals surface area (Å²) in [5, 5.41) is 6.71. The third-order valence-corrected chi connectivity index (χ3v) is 3.32. The number of carbonyl (C=O) groups excluding carboxylic acids is 2. The van der Waals surface area contributed by atoms with Gasteiger partial charge in [-0.2, -0.15) is 5.10 Å². The second-order valence-electron chi connectivity index (χ2n) is 5.55. The quantitative estimate of drug-likeness (QED) is 0.824. The monoisotopic (exact) mass is 333 g/mol. The fourth-order valence-electron chi connectivity index (χ4n) is 2.19. The summed E-state index contributed by atoms with van der Waals surface area (Å²) < 4.78 is 20.2. The molecule has 0 radical (unpaired) electrons. The first-order valence-electron chi connectivity index (χ1n) is 7.67. The second kappa shape index (κ2) is 7.72. The Bertz CT molecular complexity index is 740.